The van der Waals surface area contributed by atoms with Crippen LogP contribution in [0, 0.1) is 0 Å². The number of aromatic nitrogens is 2. The number of amides is 2. The molecule has 0 bridgehead atoms. The van der Waals surface area contributed by atoms with Gasteiger partial charge in [-0.1, -0.05) is 11.6 Å². The highest BCUT2D eigenvalue weighted by atomic mass is 35.5. The zero-order valence-corrected chi connectivity index (χ0v) is 12.8. The van der Waals surface area contributed by atoms with Crippen molar-refractivity contribution in [1.29, 1.82) is 0 Å². The Morgan fingerprint density at radius 3 is 2.95 bits per heavy atom. The van der Waals surface area contributed by atoms with E-state index in [-0.39, 0.29) is 23.0 Å². The second-order valence-electron chi connectivity index (χ2n) is 4.39. The van der Waals surface area contributed by atoms with Gasteiger partial charge in [0.1, 0.15) is 6.04 Å². The van der Waals surface area contributed by atoms with Crippen LogP contribution in [-0.4, -0.2) is 35.7 Å². The van der Waals surface area contributed by atoms with Gasteiger partial charge in [-0.2, -0.15) is 4.72 Å². The van der Waals surface area contributed by atoms with Gasteiger partial charge in [0, 0.05) is 18.0 Å². The number of hydrogen-bond acceptors (Lipinski definition) is 6. The van der Waals surface area contributed by atoms with E-state index in [9.17, 15) is 18.0 Å². The van der Waals surface area contributed by atoms with Crippen molar-refractivity contribution in [3.8, 4) is 0 Å². The van der Waals surface area contributed by atoms with Gasteiger partial charge in [-0.05, 0) is 6.42 Å². The monoisotopic (exact) mass is 348 g/mol. The Morgan fingerprint density at radius 1 is 1.48 bits per heavy atom. The highest BCUT2D eigenvalue weighted by Gasteiger charge is 2.33. The predicted octanol–water partition coefficient (Wildman–Crippen LogP) is 0.133. The molecular formula is C10H9ClN4O4S2. The summed E-state index contributed by atoms with van der Waals surface area (Å²) in [5, 5.41) is 3.37. The Hall–Kier alpha value is -1.49. The normalized spacial score (nSPS) is 20.0. The first-order chi connectivity index (χ1) is 9.88. The van der Waals surface area contributed by atoms with Crippen LogP contribution in [0.25, 0.3) is 4.96 Å². The van der Waals surface area contributed by atoms with Crippen LogP contribution in [0.1, 0.15) is 12.8 Å². The molecule has 1 unspecified atom stereocenters. The highest BCUT2D eigenvalue weighted by Crippen LogP contribution is 2.25. The second kappa shape index (κ2) is 5.05. The first kappa shape index (κ1) is 14.4. The number of carbonyl (C=O) groups excluding carboxylic acids is 2. The molecule has 0 aromatic carbocycles. The average molecular weight is 349 g/mol. The Balaban J connectivity index is 1.94. The van der Waals surface area contributed by atoms with E-state index in [0.717, 1.165) is 0 Å². The number of sulfonamides is 1. The molecule has 0 radical (unpaired) electrons. The molecule has 1 atom stereocenters. The fourth-order valence-corrected chi connectivity index (χ4v) is 4.71. The Kier molecular flexibility index (Phi) is 3.48. The van der Waals surface area contributed by atoms with Crippen LogP contribution in [0.5, 0.6) is 0 Å². The van der Waals surface area contributed by atoms with Crippen molar-refractivity contribution in [3.63, 3.8) is 0 Å². The molecule has 3 heterocycles. The average Bonchev–Trinajstić information content (AvgIpc) is 2.91. The van der Waals surface area contributed by atoms with Gasteiger partial charge in [-0.25, -0.2) is 13.4 Å². The molecule has 3 rings (SSSR count). The van der Waals surface area contributed by atoms with Crippen molar-refractivity contribution in [3.05, 3.63) is 16.7 Å². The van der Waals surface area contributed by atoms with Crippen molar-refractivity contribution in [2.24, 2.45) is 0 Å². The zero-order chi connectivity index (χ0) is 15.2. The van der Waals surface area contributed by atoms with Crippen LogP contribution in [0.3, 0.4) is 0 Å². The Bertz CT molecular complexity index is 840. The summed E-state index contributed by atoms with van der Waals surface area (Å²) in [7, 11) is -4.04. The first-order valence-electron chi connectivity index (χ1n) is 5.85. The van der Waals surface area contributed by atoms with E-state index in [1.807, 2.05) is 0 Å². The maximum Gasteiger partial charge on any atom is 0.260 e. The van der Waals surface area contributed by atoms with Crippen LogP contribution in [0.4, 0.5) is 0 Å². The van der Waals surface area contributed by atoms with E-state index in [1.54, 1.807) is 5.38 Å². The molecule has 0 saturated carbocycles. The van der Waals surface area contributed by atoms with Gasteiger partial charge in [0.05, 0.1) is 0 Å². The molecule has 2 N–H and O–H groups in total. The Morgan fingerprint density at radius 2 is 2.24 bits per heavy atom. The maximum atomic E-state index is 12.4. The number of hydrogen-bond donors (Lipinski definition) is 2. The lowest BCUT2D eigenvalue weighted by Crippen LogP contribution is -2.52. The van der Waals surface area contributed by atoms with Gasteiger partial charge in [-0.3, -0.25) is 19.3 Å². The fourth-order valence-electron chi connectivity index (χ4n) is 2.03. The second-order valence-corrected chi connectivity index (χ2v) is 7.25. The minimum atomic E-state index is -4.04. The molecule has 2 aromatic rings. The molecule has 1 fully saturated rings. The third-order valence-corrected chi connectivity index (χ3v) is 5.60. The number of halogens is 1. The van der Waals surface area contributed by atoms with E-state index in [1.165, 1.54) is 21.9 Å². The van der Waals surface area contributed by atoms with Crippen molar-refractivity contribution >= 4 is 49.7 Å². The number of imide groups is 1. The molecule has 1 saturated heterocycles. The molecule has 1 aliphatic heterocycles. The minimum Gasteiger partial charge on any atom is -0.295 e. The topological polar surface area (TPSA) is 110 Å². The summed E-state index contributed by atoms with van der Waals surface area (Å²) in [4.78, 5) is 27.1. The van der Waals surface area contributed by atoms with Crippen molar-refractivity contribution in [1.82, 2.24) is 19.4 Å². The van der Waals surface area contributed by atoms with Gasteiger partial charge in [0.25, 0.3) is 10.0 Å². The van der Waals surface area contributed by atoms with E-state index in [0.29, 0.717) is 4.96 Å². The van der Waals surface area contributed by atoms with E-state index >= 15 is 0 Å². The van der Waals surface area contributed by atoms with Gasteiger partial charge in [0.15, 0.2) is 15.1 Å². The highest BCUT2D eigenvalue weighted by molar-refractivity contribution is 7.89. The van der Waals surface area contributed by atoms with E-state index < -0.39 is 27.9 Å². The number of fused-ring (bicyclic) bond motifs is 1. The van der Waals surface area contributed by atoms with Crippen molar-refractivity contribution in [2.45, 2.75) is 23.9 Å². The van der Waals surface area contributed by atoms with Crippen LogP contribution in [-0.2, 0) is 19.6 Å². The smallest absolute Gasteiger partial charge is 0.260 e. The molecule has 1 aliphatic rings. The Labute approximate surface area is 128 Å². The van der Waals surface area contributed by atoms with Crippen LogP contribution < -0.4 is 10.0 Å². The van der Waals surface area contributed by atoms with Crippen LogP contribution >= 0.6 is 22.9 Å². The number of rotatable bonds is 3. The van der Waals surface area contributed by atoms with Crippen LogP contribution in [0.2, 0.25) is 5.15 Å². The molecule has 2 aromatic heterocycles. The molecule has 2 amide bonds. The maximum absolute atomic E-state index is 12.4. The van der Waals surface area contributed by atoms with E-state index in [2.05, 4.69) is 15.0 Å². The number of nitrogens with zero attached hydrogens (tertiary/aromatic N) is 2. The number of imidazole rings is 1. The number of carbonyl (C=O) groups is 2. The SMILES string of the molecule is O=C1CCC(NS(=O)(=O)c2c(Cl)nc3sccn23)C(=O)N1. The summed E-state index contributed by atoms with van der Waals surface area (Å²) >= 11 is 7.11. The number of piperidine rings is 1. The summed E-state index contributed by atoms with van der Waals surface area (Å²) < 4.78 is 28.4. The molecule has 0 spiro atoms. The van der Waals surface area contributed by atoms with E-state index in [4.69, 9.17) is 11.6 Å². The van der Waals surface area contributed by atoms with Gasteiger partial charge in [-0.15, -0.1) is 11.3 Å². The lowest BCUT2D eigenvalue weighted by atomic mass is 10.1. The summed E-state index contributed by atoms with van der Waals surface area (Å²) in [6.45, 7) is 0. The molecule has 8 nitrogen and oxygen atoms in total. The standard InChI is InChI=1S/C10H9ClN4O4S2/c11-7-9(15-3-4-20-10(15)13-7)21(18,19)14-5-1-2-6(16)12-8(5)17/h3-5,14H,1-2H2,(H,12,16,17). The quantitative estimate of drug-likeness (QED) is 0.766. The summed E-state index contributed by atoms with van der Waals surface area (Å²) in [5.74, 6) is -1.09. The lowest BCUT2D eigenvalue weighted by molar-refractivity contribution is -0.134. The molecule has 11 heteroatoms. The number of nitrogens with one attached hydrogen (secondary N) is 2. The number of thiazole rings is 1. The van der Waals surface area contributed by atoms with Crippen molar-refractivity contribution < 1.29 is 18.0 Å². The zero-order valence-electron chi connectivity index (χ0n) is 10.4. The largest absolute Gasteiger partial charge is 0.295 e. The minimum absolute atomic E-state index is 0.0763. The third kappa shape index (κ3) is 2.55. The fraction of sp³-hybridized carbons (Fsp3) is 0.300. The summed E-state index contributed by atoms with van der Waals surface area (Å²) in [6.07, 6.45) is 1.71. The van der Waals surface area contributed by atoms with Crippen LogP contribution in [0.15, 0.2) is 16.6 Å². The van der Waals surface area contributed by atoms with Gasteiger partial charge >= 0.3 is 0 Å². The molecule has 0 aliphatic carbocycles. The first-order valence-corrected chi connectivity index (χ1v) is 8.59. The van der Waals surface area contributed by atoms with Gasteiger partial charge in [0.2, 0.25) is 11.8 Å². The lowest BCUT2D eigenvalue weighted by Gasteiger charge is -2.21. The molecular weight excluding hydrogens is 340 g/mol. The summed E-state index contributed by atoms with van der Waals surface area (Å²) in [5.41, 5.74) is 0. The van der Waals surface area contributed by atoms with Gasteiger partial charge < -0.3 is 0 Å². The molecule has 112 valence electrons. The third-order valence-electron chi connectivity index (χ3n) is 2.97. The summed E-state index contributed by atoms with van der Waals surface area (Å²) in [6, 6.07) is -1.01. The molecule has 21 heavy (non-hydrogen) atoms. The van der Waals surface area contributed by atoms with Crippen molar-refractivity contribution in [2.75, 3.05) is 0 Å². The predicted molar refractivity (Wildman–Crippen MR) is 74.6 cm³/mol.